The van der Waals surface area contributed by atoms with Gasteiger partial charge in [0, 0.05) is 22.3 Å². The average molecular weight is 305 g/mol. The Morgan fingerprint density at radius 2 is 2.05 bits per heavy atom. The highest BCUT2D eigenvalue weighted by molar-refractivity contribution is 8.00. The smallest absolute Gasteiger partial charge is 0.258 e. The predicted octanol–water partition coefficient (Wildman–Crippen LogP) is 4.47. The summed E-state index contributed by atoms with van der Waals surface area (Å²) in [5.41, 5.74) is 2.38. The van der Waals surface area contributed by atoms with E-state index in [4.69, 9.17) is 11.6 Å². The minimum Gasteiger partial charge on any atom is -0.258 e. The Balaban J connectivity index is 2.05. The van der Waals surface area contributed by atoms with Gasteiger partial charge < -0.3 is 0 Å². The van der Waals surface area contributed by atoms with Gasteiger partial charge in [0.15, 0.2) is 0 Å². The zero-order valence-corrected chi connectivity index (χ0v) is 11.8. The summed E-state index contributed by atoms with van der Waals surface area (Å²) in [6.07, 6.45) is 0. The van der Waals surface area contributed by atoms with E-state index in [1.807, 2.05) is 24.3 Å². The topological polar surface area (TPSA) is 55.5 Å². The van der Waals surface area contributed by atoms with E-state index >= 15 is 0 Å². The molecule has 0 unspecified atom stereocenters. The number of nitro benzene ring substituents is 1. The van der Waals surface area contributed by atoms with Crippen LogP contribution in [0.1, 0.15) is 5.56 Å². The minimum absolute atomic E-state index is 0.0873. The number of fused-ring (bicyclic) bond motifs is 1. The zero-order valence-electron chi connectivity index (χ0n) is 10.2. The van der Waals surface area contributed by atoms with Crippen molar-refractivity contribution in [1.82, 2.24) is 0 Å². The van der Waals surface area contributed by atoms with Gasteiger partial charge in [-0.3, -0.25) is 15.1 Å². The monoisotopic (exact) mass is 304 g/mol. The predicted molar refractivity (Wildman–Crippen MR) is 81.5 cm³/mol. The van der Waals surface area contributed by atoms with Crippen LogP contribution in [0, 0.1) is 10.1 Å². The van der Waals surface area contributed by atoms with Gasteiger partial charge >= 0.3 is 0 Å². The molecule has 0 N–H and O–H groups in total. The van der Waals surface area contributed by atoms with Crippen LogP contribution in [0.15, 0.2) is 52.4 Å². The molecule has 3 rings (SSSR count). The van der Waals surface area contributed by atoms with Crippen LogP contribution < -0.4 is 0 Å². The maximum absolute atomic E-state index is 10.9. The van der Waals surface area contributed by atoms with E-state index in [1.54, 1.807) is 23.9 Å². The Labute approximate surface area is 124 Å². The van der Waals surface area contributed by atoms with Crippen LogP contribution in [0.3, 0.4) is 0 Å². The summed E-state index contributed by atoms with van der Waals surface area (Å²) in [5, 5.41) is 11.1. The number of hydrogen-bond donors (Lipinski definition) is 0. The van der Waals surface area contributed by atoms with Gasteiger partial charge in [0.25, 0.3) is 5.69 Å². The number of nitro groups is 1. The fourth-order valence-electron chi connectivity index (χ4n) is 1.98. The molecular formula is C14H9ClN2O2S. The number of nitrogens with zero attached hydrogens (tertiary/aromatic N) is 2. The molecule has 0 aromatic heterocycles. The normalized spacial score (nSPS) is 13.6. The molecule has 2 aromatic carbocycles. The van der Waals surface area contributed by atoms with E-state index in [-0.39, 0.29) is 10.7 Å². The standard InChI is InChI=1S/C14H9ClN2O2S/c15-10-6-5-9(7-13(10)17(18)19)12-8-20-14-4-2-1-3-11(14)16-12/h1-7H,8H2. The lowest BCUT2D eigenvalue weighted by atomic mass is 10.1. The van der Waals surface area contributed by atoms with E-state index in [2.05, 4.69) is 4.99 Å². The molecule has 0 fully saturated rings. The molecule has 1 aliphatic rings. The highest BCUT2D eigenvalue weighted by atomic mass is 35.5. The number of benzene rings is 2. The summed E-state index contributed by atoms with van der Waals surface area (Å²) >= 11 is 7.50. The quantitative estimate of drug-likeness (QED) is 0.607. The summed E-state index contributed by atoms with van der Waals surface area (Å²) in [6, 6.07) is 12.6. The molecule has 1 heterocycles. The first-order valence-corrected chi connectivity index (χ1v) is 7.25. The Morgan fingerprint density at radius 3 is 2.85 bits per heavy atom. The van der Waals surface area contributed by atoms with Crippen molar-refractivity contribution in [3.8, 4) is 0 Å². The van der Waals surface area contributed by atoms with Gasteiger partial charge in [-0.25, -0.2) is 0 Å². The summed E-state index contributed by atoms with van der Waals surface area (Å²) in [5.74, 6) is 0.690. The van der Waals surface area contributed by atoms with Gasteiger partial charge in [0.05, 0.1) is 16.3 Å². The maximum atomic E-state index is 10.9. The molecule has 1 aliphatic heterocycles. The lowest BCUT2D eigenvalue weighted by Gasteiger charge is -2.15. The summed E-state index contributed by atoms with van der Waals surface area (Å²) in [4.78, 5) is 16.2. The van der Waals surface area contributed by atoms with E-state index < -0.39 is 4.92 Å². The van der Waals surface area contributed by atoms with Gasteiger partial charge in [-0.05, 0) is 18.2 Å². The molecule has 2 aromatic rings. The lowest BCUT2D eigenvalue weighted by Crippen LogP contribution is -2.08. The highest BCUT2D eigenvalue weighted by Gasteiger charge is 2.18. The Hall–Kier alpha value is -1.85. The highest BCUT2D eigenvalue weighted by Crippen LogP contribution is 2.35. The summed E-state index contributed by atoms with van der Waals surface area (Å²) in [7, 11) is 0. The lowest BCUT2D eigenvalue weighted by molar-refractivity contribution is -0.384. The molecule has 100 valence electrons. The van der Waals surface area contributed by atoms with Crippen molar-refractivity contribution in [3.63, 3.8) is 0 Å². The van der Waals surface area contributed by atoms with Crippen LogP contribution in [0.25, 0.3) is 0 Å². The molecule has 0 saturated carbocycles. The Morgan fingerprint density at radius 1 is 1.25 bits per heavy atom. The van der Waals surface area contributed by atoms with E-state index in [1.165, 1.54) is 6.07 Å². The minimum atomic E-state index is -0.476. The van der Waals surface area contributed by atoms with Gasteiger partial charge in [-0.15, -0.1) is 11.8 Å². The molecule has 0 saturated heterocycles. The van der Waals surface area contributed by atoms with Crippen molar-refractivity contribution >= 4 is 40.4 Å². The molecule has 0 aliphatic carbocycles. The first kappa shape index (κ1) is 13.1. The van der Waals surface area contributed by atoms with Crippen molar-refractivity contribution in [2.24, 2.45) is 4.99 Å². The number of halogens is 1. The maximum Gasteiger partial charge on any atom is 0.288 e. The third-order valence-electron chi connectivity index (χ3n) is 2.96. The average Bonchev–Trinajstić information content (AvgIpc) is 2.47. The van der Waals surface area contributed by atoms with E-state index in [0.717, 1.165) is 21.9 Å². The van der Waals surface area contributed by atoms with Crippen LogP contribution in [0.5, 0.6) is 0 Å². The van der Waals surface area contributed by atoms with Crippen molar-refractivity contribution in [3.05, 3.63) is 63.2 Å². The number of para-hydroxylation sites is 1. The van der Waals surface area contributed by atoms with Crippen molar-refractivity contribution in [2.45, 2.75) is 4.90 Å². The fraction of sp³-hybridized carbons (Fsp3) is 0.0714. The molecule has 0 atom stereocenters. The van der Waals surface area contributed by atoms with Crippen molar-refractivity contribution in [2.75, 3.05) is 5.75 Å². The van der Waals surface area contributed by atoms with Crippen molar-refractivity contribution < 1.29 is 4.92 Å². The van der Waals surface area contributed by atoms with Crippen LogP contribution in [-0.2, 0) is 0 Å². The molecule has 0 bridgehead atoms. The molecular weight excluding hydrogens is 296 g/mol. The number of hydrogen-bond acceptors (Lipinski definition) is 4. The molecule has 0 spiro atoms. The number of rotatable bonds is 2. The molecule has 4 nitrogen and oxygen atoms in total. The van der Waals surface area contributed by atoms with Crippen LogP contribution in [0.4, 0.5) is 11.4 Å². The van der Waals surface area contributed by atoms with Gasteiger partial charge in [0.1, 0.15) is 5.02 Å². The van der Waals surface area contributed by atoms with E-state index in [0.29, 0.717) is 5.75 Å². The second-order valence-corrected chi connectivity index (χ2v) is 5.66. The number of thioether (sulfide) groups is 1. The Kier molecular flexibility index (Phi) is 3.46. The van der Waals surface area contributed by atoms with Crippen LogP contribution >= 0.6 is 23.4 Å². The molecule has 0 amide bonds. The number of aliphatic imine (C=N–C) groups is 1. The SMILES string of the molecule is O=[N+]([O-])c1cc(C2=Nc3ccccc3SC2)ccc1Cl. The first-order valence-electron chi connectivity index (χ1n) is 5.89. The van der Waals surface area contributed by atoms with Crippen molar-refractivity contribution in [1.29, 1.82) is 0 Å². The summed E-state index contributed by atoms with van der Waals surface area (Å²) < 4.78 is 0. The first-order chi connectivity index (χ1) is 9.65. The van der Waals surface area contributed by atoms with Gasteiger partial charge in [-0.1, -0.05) is 29.8 Å². The second-order valence-electron chi connectivity index (χ2n) is 4.24. The Bertz CT molecular complexity index is 731. The molecule has 0 radical (unpaired) electrons. The largest absolute Gasteiger partial charge is 0.288 e. The van der Waals surface area contributed by atoms with Gasteiger partial charge in [-0.2, -0.15) is 0 Å². The zero-order chi connectivity index (χ0) is 14.1. The summed E-state index contributed by atoms with van der Waals surface area (Å²) in [6.45, 7) is 0. The van der Waals surface area contributed by atoms with Gasteiger partial charge in [0.2, 0.25) is 0 Å². The molecule has 6 heteroatoms. The fourth-order valence-corrected chi connectivity index (χ4v) is 3.12. The van der Waals surface area contributed by atoms with Crippen LogP contribution in [0.2, 0.25) is 5.02 Å². The third-order valence-corrected chi connectivity index (χ3v) is 4.35. The second kappa shape index (κ2) is 5.26. The van der Waals surface area contributed by atoms with E-state index in [9.17, 15) is 10.1 Å². The molecule has 20 heavy (non-hydrogen) atoms. The third kappa shape index (κ3) is 2.42. The van der Waals surface area contributed by atoms with Crippen LogP contribution in [-0.4, -0.2) is 16.4 Å².